The molecule has 1 unspecified atom stereocenters. The van der Waals surface area contributed by atoms with Crippen LogP contribution < -0.4 is 4.31 Å². The molecule has 24 heavy (non-hydrogen) atoms. The van der Waals surface area contributed by atoms with Gasteiger partial charge in [0.25, 0.3) is 10.0 Å². The van der Waals surface area contributed by atoms with Crippen LogP contribution >= 0.6 is 11.6 Å². The molecule has 1 N–H and O–H groups in total. The van der Waals surface area contributed by atoms with E-state index >= 15 is 0 Å². The van der Waals surface area contributed by atoms with Crippen molar-refractivity contribution in [3.63, 3.8) is 0 Å². The lowest BCUT2D eigenvalue weighted by atomic mass is 10.2. The highest BCUT2D eigenvalue weighted by Gasteiger charge is 2.29. The maximum Gasteiger partial charge on any atom is 0.268 e. The summed E-state index contributed by atoms with van der Waals surface area (Å²) in [5.41, 5.74) is 1.12. The predicted molar refractivity (Wildman–Crippen MR) is 98.3 cm³/mol. The Kier molecular flexibility index (Phi) is 4.78. The number of H-pyrrole nitrogens is 1. The van der Waals surface area contributed by atoms with E-state index < -0.39 is 21.2 Å². The normalized spacial score (nSPS) is 13.1. The third-order valence-corrected chi connectivity index (χ3v) is 6.39. The Bertz CT molecular complexity index is 956. The third kappa shape index (κ3) is 3.12. The number of benzene rings is 2. The number of aromatic nitrogens is 1. The molecule has 3 rings (SSSR count). The van der Waals surface area contributed by atoms with Gasteiger partial charge in [0, 0.05) is 17.1 Å². The highest BCUT2D eigenvalue weighted by atomic mass is 35.5. The van der Waals surface area contributed by atoms with Gasteiger partial charge in [0.05, 0.1) is 21.9 Å². The van der Waals surface area contributed by atoms with E-state index in [1.165, 1.54) is 18.4 Å². The van der Waals surface area contributed by atoms with E-state index in [9.17, 15) is 13.0 Å². The van der Waals surface area contributed by atoms with Gasteiger partial charge in [0.1, 0.15) is 0 Å². The van der Waals surface area contributed by atoms with Crippen molar-refractivity contribution in [1.29, 1.82) is 0 Å². The van der Waals surface area contributed by atoms with Crippen LogP contribution in [0.2, 0.25) is 5.02 Å². The van der Waals surface area contributed by atoms with Crippen LogP contribution in [0.5, 0.6) is 0 Å². The van der Waals surface area contributed by atoms with Crippen molar-refractivity contribution in [3.05, 3.63) is 59.8 Å². The average Bonchev–Trinajstić information content (AvgIpc) is 2.95. The molecule has 0 aliphatic heterocycles. The first-order chi connectivity index (χ1) is 11.4. The van der Waals surface area contributed by atoms with Crippen LogP contribution in [0.25, 0.3) is 10.9 Å². The average molecular weight is 383 g/mol. The Morgan fingerprint density at radius 3 is 2.54 bits per heavy atom. The van der Waals surface area contributed by atoms with Crippen molar-refractivity contribution in [2.75, 3.05) is 16.4 Å². The van der Waals surface area contributed by atoms with Crippen molar-refractivity contribution in [2.24, 2.45) is 0 Å². The second-order valence-electron chi connectivity index (χ2n) is 5.21. The van der Waals surface area contributed by atoms with Crippen molar-refractivity contribution < 1.29 is 13.0 Å². The lowest BCUT2D eigenvalue weighted by molar-refractivity contribution is 0.586. The number of nitrogens with one attached hydrogen (secondary N) is 1. The number of rotatable bonds is 5. The fourth-order valence-electron chi connectivity index (χ4n) is 2.49. The standard InChI is InChI=1S/C16H15ClN2O3S2/c1-23(20)11-19(24(21,22)12-6-3-2-4-7-12)15-9-5-8-14-16(15)13(17)10-18-14/h2-10,18H,11H2,1H3. The number of hydrogen-bond donors (Lipinski definition) is 1. The van der Waals surface area contributed by atoms with E-state index in [1.807, 2.05) is 0 Å². The minimum Gasteiger partial charge on any atom is -0.615 e. The molecule has 126 valence electrons. The quantitative estimate of drug-likeness (QED) is 0.687. The zero-order chi connectivity index (χ0) is 17.3. The van der Waals surface area contributed by atoms with E-state index in [-0.39, 0.29) is 10.8 Å². The summed E-state index contributed by atoms with van der Waals surface area (Å²) in [4.78, 5) is 3.14. The maximum absolute atomic E-state index is 13.1. The van der Waals surface area contributed by atoms with Crippen LogP contribution in [0.4, 0.5) is 5.69 Å². The van der Waals surface area contributed by atoms with Gasteiger partial charge in [-0.1, -0.05) is 35.9 Å². The Labute approximate surface area is 148 Å². The zero-order valence-electron chi connectivity index (χ0n) is 12.8. The van der Waals surface area contributed by atoms with Gasteiger partial charge in [-0.3, -0.25) is 0 Å². The molecule has 0 fully saturated rings. The molecule has 0 bridgehead atoms. The van der Waals surface area contributed by atoms with Crippen molar-refractivity contribution in [1.82, 2.24) is 4.98 Å². The predicted octanol–water partition coefficient (Wildman–Crippen LogP) is 3.35. The Balaban J connectivity index is 2.22. The summed E-state index contributed by atoms with van der Waals surface area (Å²) in [6, 6.07) is 13.3. The lowest BCUT2D eigenvalue weighted by Gasteiger charge is -2.25. The third-order valence-electron chi connectivity index (χ3n) is 3.53. The van der Waals surface area contributed by atoms with E-state index in [2.05, 4.69) is 4.98 Å². The number of aromatic amines is 1. The number of fused-ring (bicyclic) bond motifs is 1. The molecule has 1 atom stereocenters. The van der Waals surface area contributed by atoms with Gasteiger partial charge in [-0.2, -0.15) is 0 Å². The summed E-state index contributed by atoms with van der Waals surface area (Å²) in [6.45, 7) is 0. The molecule has 0 aliphatic carbocycles. The number of hydrogen-bond acceptors (Lipinski definition) is 3. The molecule has 5 nitrogen and oxygen atoms in total. The second kappa shape index (κ2) is 6.68. The fraction of sp³-hybridized carbons (Fsp3) is 0.125. The first-order valence-corrected chi connectivity index (χ1v) is 10.6. The van der Waals surface area contributed by atoms with Crippen molar-refractivity contribution in [3.8, 4) is 0 Å². The number of halogens is 1. The number of sulfonamides is 1. The van der Waals surface area contributed by atoms with Crippen LogP contribution in [0.3, 0.4) is 0 Å². The molecule has 0 spiro atoms. The molecule has 0 saturated heterocycles. The Morgan fingerprint density at radius 1 is 1.17 bits per heavy atom. The second-order valence-corrected chi connectivity index (χ2v) is 8.88. The van der Waals surface area contributed by atoms with E-state index in [0.717, 1.165) is 4.31 Å². The minimum atomic E-state index is -3.87. The molecule has 1 heterocycles. The molecule has 0 radical (unpaired) electrons. The van der Waals surface area contributed by atoms with E-state index in [4.69, 9.17) is 11.6 Å². The SMILES string of the molecule is C[S+]([O-])CN(c1cccc2[nH]cc(Cl)c12)S(=O)(=O)c1ccccc1. The molecule has 0 saturated carbocycles. The van der Waals surface area contributed by atoms with Gasteiger partial charge in [-0.25, -0.2) is 12.7 Å². The first kappa shape index (κ1) is 17.2. The zero-order valence-corrected chi connectivity index (χ0v) is 15.2. The van der Waals surface area contributed by atoms with Crippen LogP contribution in [0.1, 0.15) is 0 Å². The summed E-state index contributed by atoms with van der Waals surface area (Å²) in [7, 11) is -3.87. The molecule has 8 heteroatoms. The van der Waals surface area contributed by atoms with Gasteiger partial charge in [0.2, 0.25) is 0 Å². The minimum absolute atomic E-state index is 0.138. The first-order valence-electron chi connectivity index (χ1n) is 7.04. The molecular weight excluding hydrogens is 368 g/mol. The van der Waals surface area contributed by atoms with Gasteiger partial charge in [0.15, 0.2) is 5.88 Å². The Hall–Kier alpha value is -1.67. The summed E-state index contributed by atoms with van der Waals surface area (Å²) in [6.07, 6.45) is 3.07. The number of anilines is 1. The molecule has 0 aliphatic rings. The summed E-state index contributed by atoms with van der Waals surface area (Å²) < 4.78 is 39.1. The highest BCUT2D eigenvalue weighted by Crippen LogP contribution is 2.35. The maximum atomic E-state index is 13.1. The molecule has 0 amide bonds. The fourth-order valence-corrected chi connectivity index (χ4v) is 5.38. The number of nitrogens with zero attached hydrogens (tertiary/aromatic N) is 1. The van der Waals surface area contributed by atoms with E-state index in [0.29, 0.717) is 21.6 Å². The van der Waals surface area contributed by atoms with Crippen LogP contribution in [0.15, 0.2) is 59.6 Å². The monoisotopic (exact) mass is 382 g/mol. The Morgan fingerprint density at radius 2 is 1.88 bits per heavy atom. The van der Waals surface area contributed by atoms with Crippen LogP contribution in [-0.4, -0.2) is 30.1 Å². The topological polar surface area (TPSA) is 76.2 Å². The van der Waals surface area contributed by atoms with Gasteiger partial charge in [-0.15, -0.1) is 0 Å². The van der Waals surface area contributed by atoms with Crippen LogP contribution in [0, 0.1) is 0 Å². The molecule has 2 aromatic carbocycles. The van der Waals surface area contributed by atoms with Gasteiger partial charge >= 0.3 is 0 Å². The lowest BCUT2D eigenvalue weighted by Crippen LogP contribution is -2.35. The summed E-state index contributed by atoms with van der Waals surface area (Å²) in [5, 5.41) is 1.000. The van der Waals surface area contributed by atoms with Gasteiger partial charge in [-0.05, 0) is 35.4 Å². The van der Waals surface area contributed by atoms with Crippen LogP contribution in [-0.2, 0) is 21.2 Å². The largest absolute Gasteiger partial charge is 0.615 e. The molecular formula is C16H15ClN2O3S2. The summed E-state index contributed by atoms with van der Waals surface area (Å²) >= 11 is 4.87. The van der Waals surface area contributed by atoms with E-state index in [1.54, 1.807) is 42.6 Å². The molecule has 1 aromatic heterocycles. The van der Waals surface area contributed by atoms with Gasteiger partial charge < -0.3 is 9.54 Å². The highest BCUT2D eigenvalue weighted by molar-refractivity contribution is 7.95. The molecule has 3 aromatic rings. The summed E-state index contributed by atoms with van der Waals surface area (Å²) in [5.74, 6) is -0.155. The van der Waals surface area contributed by atoms with Crippen molar-refractivity contribution >= 4 is 49.4 Å². The van der Waals surface area contributed by atoms with Crippen molar-refractivity contribution in [2.45, 2.75) is 4.90 Å². The smallest absolute Gasteiger partial charge is 0.268 e.